The van der Waals surface area contributed by atoms with E-state index in [1.54, 1.807) is 0 Å². The Hall–Kier alpha value is -1.02. The number of amides is 1. The lowest BCUT2D eigenvalue weighted by Gasteiger charge is -2.06. The fourth-order valence-electron chi connectivity index (χ4n) is 1.64. The van der Waals surface area contributed by atoms with Gasteiger partial charge in [0.25, 0.3) is 0 Å². The van der Waals surface area contributed by atoms with Crippen molar-refractivity contribution in [3.8, 4) is 0 Å². The first-order chi connectivity index (χ1) is 7.18. The molecule has 1 aliphatic carbocycles. The van der Waals surface area contributed by atoms with Gasteiger partial charge in [0.05, 0.1) is 0 Å². The van der Waals surface area contributed by atoms with Crippen molar-refractivity contribution in [1.82, 2.24) is 5.32 Å². The minimum absolute atomic E-state index is 0.155. The van der Waals surface area contributed by atoms with Crippen molar-refractivity contribution in [2.24, 2.45) is 11.8 Å². The molecule has 1 N–H and O–H groups in total. The van der Waals surface area contributed by atoms with Gasteiger partial charge in [-0.05, 0) is 24.0 Å². The topological polar surface area (TPSA) is 29.1 Å². The molecule has 1 aromatic carbocycles. The normalized spacial score (nSPS) is 23.6. The molecule has 80 valence electrons. The van der Waals surface area contributed by atoms with E-state index in [9.17, 15) is 4.79 Å². The molecule has 1 aromatic rings. The van der Waals surface area contributed by atoms with Gasteiger partial charge in [-0.15, -0.1) is 0 Å². The Bertz CT molecular complexity index is 378. The van der Waals surface area contributed by atoms with E-state index >= 15 is 0 Å². The van der Waals surface area contributed by atoms with Crippen molar-refractivity contribution in [1.29, 1.82) is 0 Å². The van der Waals surface area contributed by atoms with E-state index in [1.807, 2.05) is 24.3 Å². The van der Waals surface area contributed by atoms with Crippen LogP contribution in [0.5, 0.6) is 0 Å². The van der Waals surface area contributed by atoms with Crippen LogP contribution in [0.2, 0.25) is 5.02 Å². The third kappa shape index (κ3) is 2.51. The molecule has 0 bridgehead atoms. The molecule has 0 radical (unpaired) electrons. The van der Waals surface area contributed by atoms with Gasteiger partial charge >= 0.3 is 0 Å². The monoisotopic (exact) mass is 223 g/mol. The molecular weight excluding hydrogens is 210 g/mol. The summed E-state index contributed by atoms with van der Waals surface area (Å²) in [4.78, 5) is 11.5. The first kappa shape index (κ1) is 10.5. The second-order valence-electron chi connectivity index (χ2n) is 4.13. The molecule has 1 fully saturated rings. The lowest BCUT2D eigenvalue weighted by Crippen LogP contribution is -2.24. The number of benzene rings is 1. The molecule has 0 unspecified atom stereocenters. The molecule has 0 aliphatic heterocycles. The molecule has 1 saturated carbocycles. The standard InChI is InChI=1S/C12H14ClNO/c1-8-6-10(8)12(15)14-7-9-4-2-3-5-11(9)13/h2-5,8,10H,6-7H2,1H3,(H,14,15)/t8-,10-/m0/s1. The van der Waals surface area contributed by atoms with Gasteiger partial charge in [-0.2, -0.15) is 0 Å². The Kier molecular flexibility index (Phi) is 2.96. The molecule has 15 heavy (non-hydrogen) atoms. The van der Waals surface area contributed by atoms with Gasteiger partial charge in [0.1, 0.15) is 0 Å². The second-order valence-corrected chi connectivity index (χ2v) is 4.54. The van der Waals surface area contributed by atoms with Crippen molar-refractivity contribution < 1.29 is 4.79 Å². The minimum Gasteiger partial charge on any atom is -0.352 e. The predicted octanol–water partition coefficient (Wildman–Crippen LogP) is 2.61. The molecule has 0 aromatic heterocycles. The van der Waals surface area contributed by atoms with Gasteiger partial charge in [-0.25, -0.2) is 0 Å². The summed E-state index contributed by atoms with van der Waals surface area (Å²) in [5.41, 5.74) is 0.973. The number of hydrogen-bond acceptors (Lipinski definition) is 1. The molecular formula is C12H14ClNO. The third-order valence-electron chi connectivity index (χ3n) is 2.86. The Balaban J connectivity index is 1.88. The summed E-state index contributed by atoms with van der Waals surface area (Å²) in [5, 5.41) is 3.62. The van der Waals surface area contributed by atoms with Gasteiger partial charge in [0, 0.05) is 17.5 Å². The second kappa shape index (κ2) is 4.23. The van der Waals surface area contributed by atoms with Gasteiger partial charge < -0.3 is 5.32 Å². The van der Waals surface area contributed by atoms with Crippen LogP contribution in [0, 0.1) is 11.8 Å². The zero-order valence-corrected chi connectivity index (χ0v) is 9.42. The van der Waals surface area contributed by atoms with E-state index in [0.717, 1.165) is 12.0 Å². The van der Waals surface area contributed by atoms with Crippen LogP contribution >= 0.6 is 11.6 Å². The zero-order chi connectivity index (χ0) is 10.8. The molecule has 0 heterocycles. The summed E-state index contributed by atoms with van der Waals surface area (Å²) in [5.74, 6) is 0.936. The molecule has 2 nitrogen and oxygen atoms in total. The van der Waals surface area contributed by atoms with Gasteiger partial charge in [-0.1, -0.05) is 36.7 Å². The van der Waals surface area contributed by atoms with E-state index in [1.165, 1.54) is 0 Å². The van der Waals surface area contributed by atoms with Crippen LogP contribution < -0.4 is 5.32 Å². The minimum atomic E-state index is 0.155. The van der Waals surface area contributed by atoms with Crippen molar-refractivity contribution in [2.75, 3.05) is 0 Å². The van der Waals surface area contributed by atoms with Crippen molar-refractivity contribution >= 4 is 17.5 Å². The van der Waals surface area contributed by atoms with E-state index in [4.69, 9.17) is 11.6 Å². The average Bonchev–Trinajstić information content (AvgIpc) is 2.94. The smallest absolute Gasteiger partial charge is 0.223 e. The SMILES string of the molecule is C[C@H]1C[C@@H]1C(=O)NCc1ccccc1Cl. The highest BCUT2D eigenvalue weighted by Gasteiger charge is 2.38. The maximum atomic E-state index is 11.5. The quantitative estimate of drug-likeness (QED) is 0.839. The summed E-state index contributed by atoms with van der Waals surface area (Å²) in [7, 11) is 0. The lowest BCUT2D eigenvalue weighted by molar-refractivity contribution is -0.122. The summed E-state index contributed by atoms with van der Waals surface area (Å²) < 4.78 is 0. The highest BCUT2D eigenvalue weighted by atomic mass is 35.5. The highest BCUT2D eigenvalue weighted by molar-refractivity contribution is 6.31. The maximum absolute atomic E-state index is 11.5. The fourth-order valence-corrected chi connectivity index (χ4v) is 1.85. The van der Waals surface area contributed by atoms with Gasteiger partial charge in [0.2, 0.25) is 5.91 Å². The Labute approximate surface area is 94.6 Å². The number of nitrogens with one attached hydrogen (secondary N) is 1. The maximum Gasteiger partial charge on any atom is 0.223 e. The molecule has 0 saturated heterocycles. The largest absolute Gasteiger partial charge is 0.352 e. The van der Waals surface area contributed by atoms with E-state index in [0.29, 0.717) is 17.5 Å². The first-order valence-corrected chi connectivity index (χ1v) is 5.57. The van der Waals surface area contributed by atoms with Crippen LogP contribution in [-0.2, 0) is 11.3 Å². The number of carbonyl (C=O) groups is 1. The van der Waals surface area contributed by atoms with E-state index in [-0.39, 0.29) is 11.8 Å². The van der Waals surface area contributed by atoms with Crippen LogP contribution in [0.25, 0.3) is 0 Å². The number of hydrogen-bond donors (Lipinski definition) is 1. The van der Waals surface area contributed by atoms with Crippen molar-refractivity contribution in [2.45, 2.75) is 19.9 Å². The summed E-state index contributed by atoms with van der Waals surface area (Å²) in [6.07, 6.45) is 1.02. The molecule has 2 atom stereocenters. The van der Waals surface area contributed by atoms with E-state index < -0.39 is 0 Å². The number of halogens is 1. The summed E-state index contributed by atoms with van der Waals surface area (Å²) in [6, 6.07) is 7.57. The molecule has 1 amide bonds. The summed E-state index contributed by atoms with van der Waals surface area (Å²) in [6.45, 7) is 2.63. The number of rotatable bonds is 3. The van der Waals surface area contributed by atoms with E-state index in [2.05, 4.69) is 12.2 Å². The Morgan fingerprint density at radius 1 is 1.53 bits per heavy atom. The average molecular weight is 224 g/mol. The van der Waals surface area contributed by atoms with Gasteiger partial charge in [0.15, 0.2) is 0 Å². The third-order valence-corrected chi connectivity index (χ3v) is 3.23. The van der Waals surface area contributed by atoms with Gasteiger partial charge in [-0.3, -0.25) is 4.79 Å². The van der Waals surface area contributed by atoms with Crippen LogP contribution in [-0.4, -0.2) is 5.91 Å². The molecule has 2 rings (SSSR count). The summed E-state index contributed by atoms with van der Waals surface area (Å²) >= 11 is 5.98. The highest BCUT2D eigenvalue weighted by Crippen LogP contribution is 2.37. The van der Waals surface area contributed by atoms with Crippen molar-refractivity contribution in [3.05, 3.63) is 34.9 Å². The fraction of sp³-hybridized carbons (Fsp3) is 0.417. The molecule has 0 spiro atoms. The van der Waals surface area contributed by atoms with Crippen LogP contribution in [0.4, 0.5) is 0 Å². The Morgan fingerprint density at radius 3 is 2.80 bits per heavy atom. The predicted molar refractivity (Wildman–Crippen MR) is 60.6 cm³/mol. The zero-order valence-electron chi connectivity index (χ0n) is 8.66. The van der Waals surface area contributed by atoms with Crippen molar-refractivity contribution in [3.63, 3.8) is 0 Å². The Morgan fingerprint density at radius 2 is 2.20 bits per heavy atom. The van der Waals surface area contributed by atoms with Crippen LogP contribution in [0.3, 0.4) is 0 Å². The molecule has 1 aliphatic rings. The first-order valence-electron chi connectivity index (χ1n) is 5.19. The lowest BCUT2D eigenvalue weighted by atomic mass is 10.2. The van der Waals surface area contributed by atoms with Crippen LogP contribution in [0.1, 0.15) is 18.9 Å². The molecule has 3 heteroatoms. The van der Waals surface area contributed by atoms with Crippen LogP contribution in [0.15, 0.2) is 24.3 Å². The number of carbonyl (C=O) groups excluding carboxylic acids is 1.